The van der Waals surface area contributed by atoms with Crippen molar-refractivity contribution >= 4 is 17.8 Å². The minimum atomic E-state index is -0.535. The summed E-state index contributed by atoms with van der Waals surface area (Å²) in [6.07, 6.45) is 1.37. The first-order chi connectivity index (χ1) is 12.5. The zero-order valence-corrected chi connectivity index (χ0v) is 13.2. The minimum absolute atomic E-state index is 0.0691. The quantitative estimate of drug-likeness (QED) is 0.417. The van der Waals surface area contributed by atoms with Gasteiger partial charge in [-0.2, -0.15) is 10.2 Å². The van der Waals surface area contributed by atoms with E-state index < -0.39 is 10.8 Å². The molecule has 3 aromatic rings. The first-order valence-electron chi connectivity index (χ1n) is 7.42. The number of nitrogens with one attached hydrogen (secondary N) is 2. The van der Waals surface area contributed by atoms with E-state index in [0.29, 0.717) is 16.8 Å². The number of aromatic nitrogens is 2. The highest BCUT2D eigenvalue weighted by molar-refractivity contribution is 5.94. The molecule has 0 aliphatic heterocycles. The Morgan fingerprint density at radius 3 is 2.73 bits per heavy atom. The van der Waals surface area contributed by atoms with Gasteiger partial charge in [0, 0.05) is 17.7 Å². The summed E-state index contributed by atoms with van der Waals surface area (Å²) >= 11 is 0. The smallest absolute Gasteiger partial charge is 0.272 e. The molecule has 130 valence electrons. The lowest BCUT2D eigenvalue weighted by Gasteiger charge is -1.96. The van der Waals surface area contributed by atoms with Gasteiger partial charge in [0.15, 0.2) is 0 Å². The van der Waals surface area contributed by atoms with Crippen molar-refractivity contribution in [2.24, 2.45) is 5.10 Å². The molecule has 0 radical (unpaired) electrons. The first-order valence-corrected chi connectivity index (χ1v) is 7.42. The first kappa shape index (κ1) is 17.0. The average Bonchev–Trinajstić information content (AvgIpc) is 3.14. The summed E-state index contributed by atoms with van der Waals surface area (Å²) < 4.78 is 12.8. The maximum atomic E-state index is 12.8. The molecule has 2 aromatic carbocycles. The highest BCUT2D eigenvalue weighted by atomic mass is 19.1. The number of nitro benzene ring substituents is 1. The third-order valence-electron chi connectivity index (χ3n) is 3.42. The Balaban J connectivity index is 1.69. The van der Waals surface area contributed by atoms with Crippen LogP contribution in [0.15, 0.2) is 59.7 Å². The molecule has 0 atom stereocenters. The van der Waals surface area contributed by atoms with Gasteiger partial charge in [-0.1, -0.05) is 24.3 Å². The number of non-ortho nitro benzene ring substituents is 1. The van der Waals surface area contributed by atoms with Crippen molar-refractivity contribution < 1.29 is 14.1 Å². The zero-order valence-electron chi connectivity index (χ0n) is 13.2. The summed E-state index contributed by atoms with van der Waals surface area (Å²) in [5.74, 6) is -0.898. The lowest BCUT2D eigenvalue weighted by atomic mass is 10.1. The number of hydrazone groups is 1. The molecule has 26 heavy (non-hydrogen) atoms. The molecule has 3 rings (SSSR count). The Morgan fingerprint density at radius 2 is 2.00 bits per heavy atom. The van der Waals surface area contributed by atoms with Crippen LogP contribution in [0.2, 0.25) is 0 Å². The van der Waals surface area contributed by atoms with Gasteiger partial charge in [-0.15, -0.1) is 0 Å². The Hall–Kier alpha value is -3.88. The number of rotatable bonds is 5. The van der Waals surface area contributed by atoms with E-state index in [9.17, 15) is 19.3 Å². The number of carbonyl (C=O) groups excluding carboxylic acids is 1. The van der Waals surface area contributed by atoms with Crippen LogP contribution >= 0.6 is 0 Å². The number of amides is 1. The summed E-state index contributed by atoms with van der Waals surface area (Å²) in [4.78, 5) is 22.4. The summed E-state index contributed by atoms with van der Waals surface area (Å²) in [6, 6.07) is 13.0. The predicted octanol–water partition coefficient (Wildman–Crippen LogP) is 2.89. The van der Waals surface area contributed by atoms with Crippen LogP contribution < -0.4 is 5.43 Å². The lowest BCUT2D eigenvalue weighted by molar-refractivity contribution is -0.384. The van der Waals surface area contributed by atoms with Gasteiger partial charge < -0.3 is 0 Å². The van der Waals surface area contributed by atoms with Crippen molar-refractivity contribution in [3.8, 4) is 11.3 Å². The van der Waals surface area contributed by atoms with Crippen molar-refractivity contribution in [2.45, 2.75) is 0 Å². The number of hydrogen-bond acceptors (Lipinski definition) is 5. The highest BCUT2D eigenvalue weighted by Gasteiger charge is 2.13. The fourth-order valence-electron chi connectivity index (χ4n) is 2.14. The Bertz CT molecular complexity index is 982. The van der Waals surface area contributed by atoms with E-state index in [0.717, 1.165) is 0 Å². The summed E-state index contributed by atoms with van der Waals surface area (Å²) in [6.45, 7) is 0. The van der Waals surface area contributed by atoms with E-state index in [1.165, 1.54) is 54.7 Å². The summed E-state index contributed by atoms with van der Waals surface area (Å²) in [7, 11) is 0. The number of halogens is 1. The van der Waals surface area contributed by atoms with Crippen LogP contribution in [-0.2, 0) is 0 Å². The molecule has 1 amide bonds. The molecular formula is C17H12FN5O3. The van der Waals surface area contributed by atoms with Crippen LogP contribution in [0.4, 0.5) is 10.1 Å². The normalized spacial score (nSPS) is 10.8. The molecule has 0 saturated heterocycles. The second kappa shape index (κ2) is 7.34. The molecule has 0 aliphatic carbocycles. The largest absolute Gasteiger partial charge is 0.289 e. The Morgan fingerprint density at radius 1 is 1.23 bits per heavy atom. The van der Waals surface area contributed by atoms with Crippen LogP contribution in [0.25, 0.3) is 11.3 Å². The molecule has 2 N–H and O–H groups in total. The van der Waals surface area contributed by atoms with Crippen LogP contribution in [-0.4, -0.2) is 27.2 Å². The van der Waals surface area contributed by atoms with E-state index in [-0.39, 0.29) is 17.2 Å². The van der Waals surface area contributed by atoms with Gasteiger partial charge in [-0.25, -0.2) is 9.82 Å². The van der Waals surface area contributed by atoms with Gasteiger partial charge in [-0.05, 0) is 23.8 Å². The van der Waals surface area contributed by atoms with E-state index in [2.05, 4.69) is 20.7 Å². The fourth-order valence-corrected chi connectivity index (χ4v) is 2.14. The maximum Gasteiger partial charge on any atom is 0.289 e. The second-order valence-electron chi connectivity index (χ2n) is 5.22. The topological polar surface area (TPSA) is 113 Å². The third kappa shape index (κ3) is 3.96. The van der Waals surface area contributed by atoms with Crippen molar-refractivity contribution in [3.05, 3.63) is 81.8 Å². The molecule has 0 bridgehead atoms. The van der Waals surface area contributed by atoms with Gasteiger partial charge in [0.2, 0.25) is 0 Å². The van der Waals surface area contributed by atoms with Crippen molar-refractivity contribution in [2.75, 3.05) is 0 Å². The van der Waals surface area contributed by atoms with E-state index in [1.807, 2.05) is 0 Å². The van der Waals surface area contributed by atoms with Crippen LogP contribution in [0.5, 0.6) is 0 Å². The summed E-state index contributed by atoms with van der Waals surface area (Å²) in [5.41, 5.74) is 3.90. The minimum Gasteiger partial charge on any atom is -0.272 e. The van der Waals surface area contributed by atoms with Crippen molar-refractivity contribution in [3.63, 3.8) is 0 Å². The number of benzene rings is 2. The number of nitrogens with zero attached hydrogens (tertiary/aromatic N) is 3. The van der Waals surface area contributed by atoms with Crippen molar-refractivity contribution in [1.82, 2.24) is 15.6 Å². The number of H-pyrrole nitrogens is 1. The molecule has 8 nitrogen and oxygen atoms in total. The van der Waals surface area contributed by atoms with Crippen molar-refractivity contribution in [1.29, 1.82) is 0 Å². The standard InChI is InChI=1S/C17H12FN5O3/c18-13-6-4-11(5-7-13)10-19-22-17(24)16-9-15(20-21-16)12-2-1-3-14(8-12)23(25)26/h1-10H,(H,20,21)(H,22,24). The SMILES string of the molecule is O=C(NN=Cc1ccc(F)cc1)c1cc(-c2cccc([N+](=O)[O-])c2)n[nH]1. The van der Waals surface area contributed by atoms with Gasteiger partial charge in [-0.3, -0.25) is 20.0 Å². The van der Waals surface area contributed by atoms with E-state index in [4.69, 9.17) is 0 Å². The lowest BCUT2D eigenvalue weighted by Crippen LogP contribution is -2.17. The number of aromatic amines is 1. The maximum absolute atomic E-state index is 12.8. The molecule has 0 unspecified atom stereocenters. The molecule has 0 aliphatic rings. The Labute approximate surface area is 146 Å². The molecule has 1 heterocycles. The highest BCUT2D eigenvalue weighted by Crippen LogP contribution is 2.22. The predicted molar refractivity (Wildman–Crippen MR) is 92.1 cm³/mol. The van der Waals surface area contributed by atoms with Crippen LogP contribution in [0, 0.1) is 15.9 Å². The molecule has 9 heteroatoms. The monoisotopic (exact) mass is 353 g/mol. The van der Waals surface area contributed by atoms with Gasteiger partial charge >= 0.3 is 0 Å². The zero-order chi connectivity index (χ0) is 18.5. The number of carbonyl (C=O) groups is 1. The fraction of sp³-hybridized carbons (Fsp3) is 0. The second-order valence-corrected chi connectivity index (χ2v) is 5.22. The Kier molecular flexibility index (Phi) is 4.79. The van der Waals surface area contributed by atoms with E-state index in [1.54, 1.807) is 6.07 Å². The molecule has 0 saturated carbocycles. The number of nitro groups is 1. The average molecular weight is 353 g/mol. The van der Waals surface area contributed by atoms with E-state index >= 15 is 0 Å². The third-order valence-corrected chi connectivity index (χ3v) is 3.42. The molecule has 1 aromatic heterocycles. The van der Waals surface area contributed by atoms with Gasteiger partial charge in [0.05, 0.1) is 16.8 Å². The molecule has 0 spiro atoms. The summed E-state index contributed by atoms with van der Waals surface area (Å²) in [5, 5.41) is 21.1. The van der Waals surface area contributed by atoms with Crippen LogP contribution in [0.1, 0.15) is 16.1 Å². The van der Waals surface area contributed by atoms with Gasteiger partial charge in [0.25, 0.3) is 11.6 Å². The molecular weight excluding hydrogens is 341 g/mol. The van der Waals surface area contributed by atoms with Gasteiger partial charge in [0.1, 0.15) is 11.5 Å². The molecule has 0 fully saturated rings. The number of hydrogen-bond donors (Lipinski definition) is 2. The van der Waals surface area contributed by atoms with Crippen LogP contribution in [0.3, 0.4) is 0 Å².